The Hall–Kier alpha value is -6.59. The lowest BCUT2D eigenvalue weighted by Crippen LogP contribution is -2.67. The number of hydrogen-bond acceptors (Lipinski definition) is 12. The summed E-state index contributed by atoms with van der Waals surface area (Å²) in [6.45, 7) is 1.47. The smallest absolute Gasteiger partial charge is 0.407 e. The highest BCUT2D eigenvalue weighted by Crippen LogP contribution is 2.34. The molecule has 76 heavy (non-hydrogen) atoms. The van der Waals surface area contributed by atoms with Crippen LogP contribution in [0.2, 0.25) is 0 Å². The zero-order chi connectivity index (χ0) is 52.0. The van der Waals surface area contributed by atoms with E-state index in [1.807, 2.05) is 212 Å². The third kappa shape index (κ3) is 16.0. The molecule has 0 unspecified atom stereocenters. The molecule has 0 bridgehead atoms. The van der Waals surface area contributed by atoms with E-state index in [2.05, 4.69) is 5.32 Å². The molecule has 0 aliphatic carbocycles. The van der Waals surface area contributed by atoms with Crippen molar-refractivity contribution < 1.29 is 56.9 Å². The predicted octanol–water partition coefficient (Wildman–Crippen LogP) is 10.5. The topological polar surface area (TPSA) is 131 Å². The van der Waals surface area contributed by atoms with Crippen molar-refractivity contribution in [2.75, 3.05) is 20.3 Å². The van der Waals surface area contributed by atoms with Crippen LogP contribution < -0.4 is 5.32 Å². The molecule has 10 atom stereocenters. The van der Waals surface area contributed by atoms with Gasteiger partial charge in [-0.05, 0) is 38.9 Å². The van der Waals surface area contributed by atoms with Crippen LogP contribution in [0.15, 0.2) is 212 Å². The fourth-order valence-corrected chi connectivity index (χ4v) is 9.29. The van der Waals surface area contributed by atoms with Gasteiger partial charge in [0.2, 0.25) is 0 Å². The Morgan fingerprint density at radius 1 is 0.368 bits per heavy atom. The highest BCUT2D eigenvalue weighted by atomic mass is 16.7. The minimum Gasteiger partial charge on any atom is -0.445 e. The van der Waals surface area contributed by atoms with Crippen molar-refractivity contribution in [3.63, 3.8) is 0 Å². The van der Waals surface area contributed by atoms with Gasteiger partial charge in [-0.1, -0.05) is 212 Å². The van der Waals surface area contributed by atoms with Gasteiger partial charge < -0.3 is 57.4 Å². The Balaban J connectivity index is 1.05. The molecule has 13 nitrogen and oxygen atoms in total. The van der Waals surface area contributed by atoms with Crippen LogP contribution in [0.25, 0.3) is 0 Å². The van der Waals surface area contributed by atoms with E-state index in [0.29, 0.717) is 6.61 Å². The standard InChI is InChI=1S/C63H67NO12/c1-66-62-60(72-42-51-33-19-7-20-34-51)59(71-41-50-31-17-6-18-32-50)57(69-39-48-27-13-4-14-28-48)54(76-62)45-73-61-55(64-63(65)74-43-52-35-21-8-22-36-52)58(70-40-49-29-15-5-16-30-49)56(68-38-47-25-11-3-12-26-47)53(75-61)44-67-37-46-23-9-2-10-24-46/h2-36,53-62H,37-45H2,1H3,(H,64,65)/t53-,54-,55-,56-,57-,58-,59+,60-,61+,62+/m1/s1. The Kier molecular flexibility index (Phi) is 20.7. The molecule has 2 heterocycles. The van der Waals surface area contributed by atoms with Crippen LogP contribution in [-0.4, -0.2) is 87.8 Å². The Morgan fingerprint density at radius 3 is 1.12 bits per heavy atom. The minimum absolute atomic E-state index is 0.0256. The number of nitrogens with one attached hydrogen (secondary N) is 1. The lowest BCUT2D eigenvalue weighted by atomic mass is 9.95. The number of alkyl carbamates (subject to hydrolysis) is 1. The van der Waals surface area contributed by atoms with E-state index < -0.39 is 67.4 Å². The van der Waals surface area contributed by atoms with Crippen LogP contribution in [0.1, 0.15) is 38.9 Å². The van der Waals surface area contributed by atoms with E-state index in [9.17, 15) is 4.79 Å². The third-order valence-electron chi connectivity index (χ3n) is 13.2. The molecule has 9 rings (SSSR count). The molecule has 2 aliphatic rings. The molecule has 0 aromatic heterocycles. The molecule has 1 amide bonds. The average Bonchev–Trinajstić information content (AvgIpc) is 3.51. The van der Waals surface area contributed by atoms with Crippen LogP contribution >= 0.6 is 0 Å². The first-order valence-corrected chi connectivity index (χ1v) is 25.9. The van der Waals surface area contributed by atoms with E-state index in [0.717, 1.165) is 38.9 Å². The molecule has 2 aliphatic heterocycles. The zero-order valence-corrected chi connectivity index (χ0v) is 42.7. The van der Waals surface area contributed by atoms with Gasteiger partial charge in [0.15, 0.2) is 12.6 Å². The summed E-state index contributed by atoms with van der Waals surface area (Å²) in [4.78, 5) is 14.2. The number of rotatable bonds is 26. The highest BCUT2D eigenvalue weighted by Gasteiger charge is 2.52. The van der Waals surface area contributed by atoms with Gasteiger partial charge in [-0.25, -0.2) is 4.79 Å². The van der Waals surface area contributed by atoms with E-state index in [1.54, 1.807) is 7.11 Å². The van der Waals surface area contributed by atoms with Crippen molar-refractivity contribution >= 4 is 6.09 Å². The number of ether oxygens (including phenoxy) is 11. The number of methoxy groups -OCH3 is 1. The third-order valence-corrected chi connectivity index (χ3v) is 13.2. The maximum absolute atomic E-state index is 14.2. The predicted molar refractivity (Wildman–Crippen MR) is 285 cm³/mol. The van der Waals surface area contributed by atoms with Crippen molar-refractivity contribution in [2.45, 2.75) is 108 Å². The first-order chi connectivity index (χ1) is 37.6. The average molecular weight is 1030 g/mol. The maximum atomic E-state index is 14.2. The fourth-order valence-electron chi connectivity index (χ4n) is 9.29. The number of carbonyl (C=O) groups is 1. The molecule has 1 N–H and O–H groups in total. The van der Waals surface area contributed by atoms with Crippen LogP contribution in [0.3, 0.4) is 0 Å². The molecule has 0 radical (unpaired) electrons. The van der Waals surface area contributed by atoms with Gasteiger partial charge in [-0.15, -0.1) is 0 Å². The van der Waals surface area contributed by atoms with E-state index in [1.165, 1.54) is 0 Å². The summed E-state index contributed by atoms with van der Waals surface area (Å²) in [5.41, 5.74) is 6.56. The molecule has 396 valence electrons. The molecular formula is C63H67NO12. The van der Waals surface area contributed by atoms with Crippen LogP contribution in [0.4, 0.5) is 4.79 Å². The summed E-state index contributed by atoms with van der Waals surface area (Å²) in [7, 11) is 1.58. The van der Waals surface area contributed by atoms with Gasteiger partial charge in [0.05, 0.1) is 52.9 Å². The van der Waals surface area contributed by atoms with Crippen molar-refractivity contribution in [1.82, 2.24) is 5.32 Å². The van der Waals surface area contributed by atoms with Crippen LogP contribution in [-0.2, 0) is 98.4 Å². The van der Waals surface area contributed by atoms with Crippen molar-refractivity contribution in [3.8, 4) is 0 Å². The van der Waals surface area contributed by atoms with Gasteiger partial charge in [0.25, 0.3) is 0 Å². The van der Waals surface area contributed by atoms with Gasteiger partial charge in [0, 0.05) is 7.11 Å². The second kappa shape index (κ2) is 29.1. The summed E-state index contributed by atoms with van der Waals surface area (Å²) < 4.78 is 73.7. The molecule has 13 heteroatoms. The summed E-state index contributed by atoms with van der Waals surface area (Å²) in [6, 6.07) is 67.9. The molecule has 2 fully saturated rings. The Bertz CT molecular complexity index is 2700. The summed E-state index contributed by atoms with van der Waals surface area (Å²) >= 11 is 0. The molecule has 0 spiro atoms. The fraction of sp³-hybridized carbons (Fsp3) is 0.317. The molecule has 7 aromatic rings. The molecule has 2 saturated heterocycles. The van der Waals surface area contributed by atoms with Gasteiger partial charge >= 0.3 is 6.09 Å². The second-order valence-corrected chi connectivity index (χ2v) is 18.7. The molecular weight excluding hydrogens is 963 g/mol. The monoisotopic (exact) mass is 1030 g/mol. The maximum Gasteiger partial charge on any atom is 0.407 e. The first kappa shape index (κ1) is 54.2. The lowest BCUT2D eigenvalue weighted by Gasteiger charge is -2.48. The number of hydrogen-bond donors (Lipinski definition) is 1. The van der Waals surface area contributed by atoms with Crippen LogP contribution in [0, 0.1) is 0 Å². The van der Waals surface area contributed by atoms with Gasteiger partial charge in [0.1, 0.15) is 55.4 Å². The summed E-state index contributed by atoms with van der Waals surface area (Å²) in [5, 5.41) is 3.11. The van der Waals surface area contributed by atoms with Crippen molar-refractivity contribution in [3.05, 3.63) is 251 Å². The quantitative estimate of drug-likeness (QED) is 0.0554. The van der Waals surface area contributed by atoms with E-state index in [-0.39, 0.29) is 52.9 Å². The largest absolute Gasteiger partial charge is 0.445 e. The summed E-state index contributed by atoms with van der Waals surface area (Å²) in [5.74, 6) is 0. The number of benzene rings is 7. The Labute approximate surface area is 445 Å². The van der Waals surface area contributed by atoms with Gasteiger partial charge in [-0.2, -0.15) is 0 Å². The van der Waals surface area contributed by atoms with E-state index in [4.69, 9.17) is 52.1 Å². The minimum atomic E-state index is -1.18. The van der Waals surface area contributed by atoms with Crippen LogP contribution in [0.5, 0.6) is 0 Å². The summed E-state index contributed by atoms with van der Waals surface area (Å²) in [6.07, 6.45) is -8.31. The highest BCUT2D eigenvalue weighted by molar-refractivity contribution is 5.67. The van der Waals surface area contributed by atoms with E-state index >= 15 is 0 Å². The SMILES string of the molecule is CO[C@H]1O[C@H](CO[C@H]2O[C@H](COCc3ccccc3)[C@@H](OCc3ccccc3)[C@H](OCc3ccccc3)[C@H]2NC(=O)OCc2ccccc2)[C@@H](OCc2ccccc2)[C@H](OCc2ccccc2)[C@H]1OCc1ccccc1. The normalized spacial score (nSPS) is 23.4. The van der Waals surface area contributed by atoms with Crippen molar-refractivity contribution in [2.24, 2.45) is 0 Å². The molecule has 7 aromatic carbocycles. The number of amides is 1. The van der Waals surface area contributed by atoms with Crippen molar-refractivity contribution in [1.29, 1.82) is 0 Å². The lowest BCUT2D eigenvalue weighted by molar-refractivity contribution is -0.337. The Morgan fingerprint density at radius 2 is 0.697 bits per heavy atom. The second-order valence-electron chi connectivity index (χ2n) is 18.7. The first-order valence-electron chi connectivity index (χ1n) is 25.9. The zero-order valence-electron chi connectivity index (χ0n) is 42.7. The molecule has 0 saturated carbocycles. The van der Waals surface area contributed by atoms with Gasteiger partial charge in [-0.3, -0.25) is 0 Å². The number of carbonyl (C=O) groups excluding carboxylic acids is 1.